The van der Waals surface area contributed by atoms with Crippen molar-refractivity contribution in [2.45, 2.75) is 251 Å². The van der Waals surface area contributed by atoms with Gasteiger partial charge in [-0.3, -0.25) is 18.6 Å². The molecule has 0 aliphatic rings. The molecule has 0 radical (unpaired) electrons. The lowest BCUT2D eigenvalue weighted by atomic mass is 10.0. The SMILES string of the molecule is CC/C=C\C/C=C\C/C=C\C/C=C\C/C=C\C/C=C\CCCCC(=O)OC(COC(=O)CCCCCCCCCCCCCCCCCC/C=C\C/C=C\C/C=C\CCCCCCC)COP(=O)(O)OCC[N+](C)(C)C. The zero-order valence-corrected chi connectivity index (χ0v) is 50.3. The number of unbranched alkanes of at least 4 members (excludes halogenated alkanes) is 23. The Balaban J connectivity index is 4.16. The maximum atomic E-state index is 12.8. The molecule has 1 N–H and O–H groups in total. The van der Waals surface area contributed by atoms with Gasteiger partial charge >= 0.3 is 19.8 Å². The number of phosphoric ester groups is 1. The van der Waals surface area contributed by atoms with E-state index in [4.69, 9.17) is 18.5 Å². The quantitative estimate of drug-likeness (QED) is 0.0211. The first-order chi connectivity index (χ1) is 37.0. The lowest BCUT2D eigenvalue weighted by Crippen LogP contribution is -2.37. The van der Waals surface area contributed by atoms with Crippen molar-refractivity contribution in [3.63, 3.8) is 0 Å². The molecule has 0 fully saturated rings. The zero-order chi connectivity index (χ0) is 55.6. The number of phosphoric acid groups is 1. The summed E-state index contributed by atoms with van der Waals surface area (Å²) >= 11 is 0. The van der Waals surface area contributed by atoms with Crippen LogP contribution in [0.3, 0.4) is 0 Å². The molecule has 2 atom stereocenters. The molecule has 0 spiro atoms. The number of hydrogen-bond acceptors (Lipinski definition) is 7. The maximum Gasteiger partial charge on any atom is 0.472 e. The second-order valence-corrected chi connectivity index (χ2v) is 22.8. The van der Waals surface area contributed by atoms with Crippen molar-refractivity contribution in [3.8, 4) is 0 Å². The lowest BCUT2D eigenvalue weighted by Gasteiger charge is -2.24. The van der Waals surface area contributed by atoms with E-state index >= 15 is 0 Å². The molecule has 436 valence electrons. The third-order valence-corrected chi connectivity index (χ3v) is 13.8. The normalized spacial score (nSPS) is 14.0. The van der Waals surface area contributed by atoms with Gasteiger partial charge in [-0.1, -0.05) is 239 Å². The Labute approximate surface area is 467 Å². The van der Waals surface area contributed by atoms with E-state index in [9.17, 15) is 19.0 Å². The van der Waals surface area contributed by atoms with Crippen LogP contribution in [-0.2, 0) is 32.7 Å². The van der Waals surface area contributed by atoms with Crippen molar-refractivity contribution in [1.29, 1.82) is 0 Å². The fourth-order valence-electron chi connectivity index (χ4n) is 8.08. The van der Waals surface area contributed by atoms with Crippen molar-refractivity contribution in [2.24, 2.45) is 0 Å². The van der Waals surface area contributed by atoms with Crippen molar-refractivity contribution in [1.82, 2.24) is 0 Å². The van der Waals surface area contributed by atoms with Crippen LogP contribution in [0.4, 0.5) is 0 Å². The zero-order valence-electron chi connectivity index (χ0n) is 49.5. The highest BCUT2D eigenvalue weighted by molar-refractivity contribution is 7.47. The Morgan fingerprint density at radius 2 is 0.750 bits per heavy atom. The highest BCUT2D eigenvalue weighted by Gasteiger charge is 2.27. The maximum absolute atomic E-state index is 12.8. The van der Waals surface area contributed by atoms with Crippen LogP contribution < -0.4 is 0 Å². The number of ether oxygens (including phenoxy) is 2. The van der Waals surface area contributed by atoms with Gasteiger partial charge in [0.25, 0.3) is 0 Å². The number of rotatable bonds is 55. The summed E-state index contributed by atoms with van der Waals surface area (Å²) in [5, 5.41) is 0. The van der Waals surface area contributed by atoms with Crippen molar-refractivity contribution in [2.75, 3.05) is 47.5 Å². The highest BCUT2D eigenvalue weighted by Crippen LogP contribution is 2.43. The van der Waals surface area contributed by atoms with Gasteiger partial charge in [0.2, 0.25) is 0 Å². The summed E-state index contributed by atoms with van der Waals surface area (Å²) in [5.74, 6) is -0.851. The number of allylic oxidation sites excluding steroid dienone is 18. The molecule has 0 saturated carbocycles. The molecule has 76 heavy (non-hydrogen) atoms. The number of carbonyl (C=O) groups excluding carboxylic acids is 2. The second-order valence-electron chi connectivity index (χ2n) is 21.4. The first-order valence-corrected chi connectivity index (χ1v) is 32.1. The predicted octanol–water partition coefficient (Wildman–Crippen LogP) is 19.4. The molecule has 0 amide bonds. The average Bonchev–Trinajstić information content (AvgIpc) is 3.38. The van der Waals surface area contributed by atoms with E-state index in [2.05, 4.69) is 123 Å². The summed E-state index contributed by atoms with van der Waals surface area (Å²) in [7, 11) is 1.44. The molecular formula is C66H115NO8P+. The van der Waals surface area contributed by atoms with E-state index in [0.717, 1.165) is 83.5 Å². The topological polar surface area (TPSA) is 108 Å². The summed E-state index contributed by atoms with van der Waals surface area (Å²) in [6.45, 7) is 4.26. The third kappa shape index (κ3) is 59.9. The molecule has 0 bridgehead atoms. The van der Waals surface area contributed by atoms with Crippen LogP contribution in [0.1, 0.15) is 245 Å². The van der Waals surface area contributed by atoms with Crippen LogP contribution in [0.15, 0.2) is 109 Å². The third-order valence-electron chi connectivity index (χ3n) is 12.8. The number of likely N-dealkylation sites (N-methyl/N-ethyl adjacent to an activating group) is 1. The predicted molar refractivity (Wildman–Crippen MR) is 325 cm³/mol. The minimum absolute atomic E-state index is 0.0179. The lowest BCUT2D eigenvalue weighted by molar-refractivity contribution is -0.870. The fourth-order valence-corrected chi connectivity index (χ4v) is 8.83. The van der Waals surface area contributed by atoms with Gasteiger partial charge in [0.05, 0.1) is 27.7 Å². The summed E-state index contributed by atoms with van der Waals surface area (Å²) in [5.41, 5.74) is 0. The Kier molecular flexibility index (Phi) is 53.9. The van der Waals surface area contributed by atoms with Gasteiger partial charge in [-0.15, -0.1) is 0 Å². The van der Waals surface area contributed by atoms with Crippen LogP contribution >= 0.6 is 7.82 Å². The standard InChI is InChI=1S/C66H114NO8P/c1-6-8-10-12-14-16-18-20-22-24-26-28-29-30-31-32-33-34-35-36-37-39-40-42-44-46-48-50-52-54-56-58-65(68)72-62-64(63-74-76(70,71)73-61-60-67(3,4)5)75-66(69)59-57-55-53-51-49-47-45-43-41-38-27-25-23-21-19-17-15-13-11-9-7-2/h9,11,15,17-18,20-21,23-24,26-27,29-30,38,43,45,49,51,64H,6-8,10,12-14,16,19,22,25,28,31-37,39-42,44,46-48,50,52-63H2,1-5H3/p+1/b11-9-,17-15-,20-18-,23-21-,26-24-,30-29-,38-27-,45-43-,51-49-. The first kappa shape index (κ1) is 72.7. The molecule has 0 aromatic carbocycles. The summed E-state index contributed by atoms with van der Waals surface area (Å²) in [4.78, 5) is 35.7. The monoisotopic (exact) mass is 1080 g/mol. The summed E-state index contributed by atoms with van der Waals surface area (Å²) in [6, 6.07) is 0. The summed E-state index contributed by atoms with van der Waals surface area (Å²) < 4.78 is 34.5. The van der Waals surface area contributed by atoms with Gasteiger partial charge in [0.1, 0.15) is 19.8 Å². The van der Waals surface area contributed by atoms with Gasteiger partial charge in [-0.25, -0.2) is 4.57 Å². The van der Waals surface area contributed by atoms with Crippen molar-refractivity contribution in [3.05, 3.63) is 109 Å². The van der Waals surface area contributed by atoms with Gasteiger partial charge in [0.15, 0.2) is 6.10 Å². The average molecular weight is 1080 g/mol. The Morgan fingerprint density at radius 3 is 1.14 bits per heavy atom. The molecule has 0 saturated heterocycles. The fraction of sp³-hybridized carbons (Fsp3) is 0.697. The number of esters is 2. The smallest absolute Gasteiger partial charge is 0.462 e. The minimum atomic E-state index is -4.41. The van der Waals surface area contributed by atoms with Gasteiger partial charge in [0, 0.05) is 12.8 Å². The molecular weight excluding hydrogens is 966 g/mol. The van der Waals surface area contributed by atoms with Gasteiger partial charge in [-0.2, -0.15) is 0 Å². The Hall–Kier alpha value is -3.33. The first-order valence-electron chi connectivity index (χ1n) is 30.6. The second kappa shape index (κ2) is 56.4. The highest BCUT2D eigenvalue weighted by atomic mass is 31.2. The number of hydrogen-bond donors (Lipinski definition) is 1. The molecule has 0 aromatic rings. The van der Waals surface area contributed by atoms with E-state index < -0.39 is 26.5 Å². The molecule has 9 nitrogen and oxygen atoms in total. The van der Waals surface area contributed by atoms with Gasteiger partial charge in [-0.05, 0) is 103 Å². The number of nitrogens with zero attached hydrogens (tertiary/aromatic N) is 1. The molecule has 0 heterocycles. The largest absolute Gasteiger partial charge is 0.472 e. The number of carbonyl (C=O) groups is 2. The molecule has 0 aliphatic heterocycles. The molecule has 0 aliphatic carbocycles. The van der Waals surface area contributed by atoms with Gasteiger partial charge < -0.3 is 18.9 Å². The van der Waals surface area contributed by atoms with Crippen LogP contribution in [0.2, 0.25) is 0 Å². The Morgan fingerprint density at radius 1 is 0.421 bits per heavy atom. The Bertz CT molecular complexity index is 1650. The van der Waals surface area contributed by atoms with Crippen LogP contribution in [-0.4, -0.2) is 74.9 Å². The molecule has 0 aromatic heterocycles. The minimum Gasteiger partial charge on any atom is -0.462 e. The molecule has 0 rings (SSSR count). The van der Waals surface area contributed by atoms with Crippen LogP contribution in [0.25, 0.3) is 0 Å². The van der Waals surface area contributed by atoms with Crippen molar-refractivity contribution >= 4 is 19.8 Å². The van der Waals surface area contributed by atoms with Crippen LogP contribution in [0.5, 0.6) is 0 Å². The number of quaternary nitrogens is 1. The molecule has 10 heteroatoms. The van der Waals surface area contributed by atoms with E-state index in [-0.39, 0.29) is 32.0 Å². The summed E-state index contributed by atoms with van der Waals surface area (Å²) in [6.07, 6.45) is 78.9. The van der Waals surface area contributed by atoms with E-state index in [1.165, 1.54) is 128 Å². The van der Waals surface area contributed by atoms with Crippen molar-refractivity contribution < 1.29 is 42.1 Å². The van der Waals surface area contributed by atoms with E-state index in [1.807, 2.05) is 21.1 Å². The van der Waals surface area contributed by atoms with Crippen LogP contribution in [0, 0.1) is 0 Å². The molecule has 2 unspecified atom stereocenters. The van der Waals surface area contributed by atoms with E-state index in [1.54, 1.807) is 0 Å². The van der Waals surface area contributed by atoms with E-state index in [0.29, 0.717) is 17.4 Å².